The van der Waals surface area contributed by atoms with Gasteiger partial charge in [0.1, 0.15) is 0 Å². The molecule has 6 heteroatoms. The Kier molecular flexibility index (Phi) is 11.3. The Morgan fingerprint density at radius 1 is 0.733 bits per heavy atom. The number of aryl methyl sites for hydroxylation is 2. The molecule has 0 fully saturated rings. The van der Waals surface area contributed by atoms with Gasteiger partial charge in [-0.25, -0.2) is 0 Å². The van der Waals surface area contributed by atoms with Gasteiger partial charge in [-0.2, -0.15) is 11.3 Å². The van der Waals surface area contributed by atoms with Crippen LogP contribution >= 0.6 is 47.5 Å². The van der Waals surface area contributed by atoms with Crippen LogP contribution in [0.15, 0.2) is 59.8 Å². The van der Waals surface area contributed by atoms with Gasteiger partial charge in [-0.05, 0) is 95.1 Å². The Hall–Kier alpha value is -1.72. The SMILES string of the molecule is CCc1c(-c2ccncc2)sc(-c2ccncc2)c1C.CCc1cscc1C.Cl.Cl. The van der Waals surface area contributed by atoms with Gasteiger partial charge < -0.3 is 0 Å². The van der Waals surface area contributed by atoms with E-state index in [2.05, 4.69) is 72.7 Å². The first-order valence-electron chi connectivity index (χ1n) is 9.60. The smallest absolute Gasteiger partial charge is 0.0385 e. The molecule has 0 saturated carbocycles. The molecule has 0 unspecified atom stereocenters. The fourth-order valence-electron chi connectivity index (χ4n) is 3.24. The Labute approximate surface area is 200 Å². The summed E-state index contributed by atoms with van der Waals surface area (Å²) >= 11 is 3.65. The van der Waals surface area contributed by atoms with E-state index in [4.69, 9.17) is 0 Å². The van der Waals surface area contributed by atoms with Crippen LogP contribution in [0.5, 0.6) is 0 Å². The van der Waals surface area contributed by atoms with Crippen molar-refractivity contribution in [3.63, 3.8) is 0 Å². The zero-order chi connectivity index (χ0) is 19.9. The largest absolute Gasteiger partial charge is 0.265 e. The van der Waals surface area contributed by atoms with E-state index in [1.54, 1.807) is 11.3 Å². The number of pyridine rings is 2. The lowest BCUT2D eigenvalue weighted by Gasteiger charge is -2.02. The molecule has 2 nitrogen and oxygen atoms in total. The molecule has 0 amide bonds. The Morgan fingerprint density at radius 2 is 1.27 bits per heavy atom. The minimum Gasteiger partial charge on any atom is -0.265 e. The number of aromatic nitrogens is 2. The second-order valence-electron chi connectivity index (χ2n) is 6.62. The van der Waals surface area contributed by atoms with Gasteiger partial charge in [0.05, 0.1) is 0 Å². The highest BCUT2D eigenvalue weighted by molar-refractivity contribution is 7.19. The quantitative estimate of drug-likeness (QED) is 0.295. The van der Waals surface area contributed by atoms with Crippen LogP contribution < -0.4 is 0 Å². The number of nitrogens with zero attached hydrogens (tertiary/aromatic N) is 2. The Balaban J connectivity index is 0.000000385. The molecule has 4 aromatic heterocycles. The lowest BCUT2D eigenvalue weighted by molar-refractivity contribution is 1.13. The van der Waals surface area contributed by atoms with Gasteiger partial charge in [0.15, 0.2) is 0 Å². The van der Waals surface area contributed by atoms with Crippen molar-refractivity contribution in [3.05, 3.63) is 82.1 Å². The fraction of sp³-hybridized carbons (Fsp3) is 0.250. The highest BCUT2D eigenvalue weighted by Crippen LogP contribution is 2.41. The molecule has 0 radical (unpaired) electrons. The van der Waals surface area contributed by atoms with Crippen molar-refractivity contribution < 1.29 is 0 Å². The zero-order valence-corrected chi connectivity index (χ0v) is 21.0. The summed E-state index contributed by atoms with van der Waals surface area (Å²) in [5, 5.41) is 4.41. The third-order valence-corrected chi connectivity index (χ3v) is 7.20. The third kappa shape index (κ3) is 6.14. The summed E-state index contributed by atoms with van der Waals surface area (Å²) < 4.78 is 0. The van der Waals surface area contributed by atoms with Crippen molar-refractivity contribution in [3.8, 4) is 20.9 Å². The highest BCUT2D eigenvalue weighted by atomic mass is 35.5. The van der Waals surface area contributed by atoms with E-state index < -0.39 is 0 Å². The van der Waals surface area contributed by atoms with Gasteiger partial charge in [-0.15, -0.1) is 36.2 Å². The van der Waals surface area contributed by atoms with Crippen LogP contribution in [-0.2, 0) is 12.8 Å². The maximum absolute atomic E-state index is 4.11. The van der Waals surface area contributed by atoms with Gasteiger partial charge >= 0.3 is 0 Å². The third-order valence-electron chi connectivity index (χ3n) is 4.85. The van der Waals surface area contributed by atoms with Gasteiger partial charge in [0, 0.05) is 34.5 Å². The molecule has 4 aromatic rings. The monoisotopic (exact) mass is 478 g/mol. The second kappa shape index (κ2) is 12.9. The van der Waals surface area contributed by atoms with E-state index in [-0.39, 0.29) is 24.8 Å². The van der Waals surface area contributed by atoms with Crippen LogP contribution in [0, 0.1) is 13.8 Å². The van der Waals surface area contributed by atoms with Crippen LogP contribution in [0.4, 0.5) is 0 Å². The van der Waals surface area contributed by atoms with Crippen molar-refractivity contribution in [2.24, 2.45) is 0 Å². The summed E-state index contributed by atoms with van der Waals surface area (Å²) in [6.07, 6.45) is 9.64. The second-order valence-corrected chi connectivity index (χ2v) is 8.39. The standard InChI is InChI=1S/C17H16N2S.C7H10S.2ClH/c1-3-15-12(2)16(13-4-8-18-9-5-13)20-17(15)14-6-10-19-11-7-14;1-3-7-5-8-4-6(7)2;;/h4-11H,3H2,1-2H3;4-5H,3H2,1-2H3;2*1H. The van der Waals surface area contributed by atoms with E-state index in [0.717, 1.165) is 6.42 Å². The molecule has 160 valence electrons. The molecule has 0 bridgehead atoms. The summed E-state index contributed by atoms with van der Waals surface area (Å²) in [5.74, 6) is 0. The topological polar surface area (TPSA) is 25.8 Å². The molecule has 0 aliphatic rings. The molecule has 0 atom stereocenters. The molecule has 0 spiro atoms. The van der Waals surface area contributed by atoms with Crippen LogP contribution in [0.3, 0.4) is 0 Å². The normalized spacial score (nSPS) is 9.73. The van der Waals surface area contributed by atoms with Crippen LogP contribution in [0.2, 0.25) is 0 Å². The minimum absolute atomic E-state index is 0. The molecular formula is C24H28Cl2N2S2. The first kappa shape index (κ1) is 26.3. The first-order valence-corrected chi connectivity index (χ1v) is 11.4. The van der Waals surface area contributed by atoms with E-state index in [1.165, 1.54) is 49.6 Å². The predicted molar refractivity (Wildman–Crippen MR) is 138 cm³/mol. The fourth-order valence-corrected chi connectivity index (χ4v) is 5.59. The number of hydrogen-bond acceptors (Lipinski definition) is 4. The minimum atomic E-state index is 0. The zero-order valence-electron chi connectivity index (χ0n) is 17.7. The highest BCUT2D eigenvalue weighted by Gasteiger charge is 2.16. The van der Waals surface area contributed by atoms with Crippen molar-refractivity contribution in [2.45, 2.75) is 40.5 Å². The lowest BCUT2D eigenvalue weighted by atomic mass is 10.0. The summed E-state index contributed by atoms with van der Waals surface area (Å²) in [6.45, 7) is 8.79. The lowest BCUT2D eigenvalue weighted by Crippen LogP contribution is -1.85. The molecule has 0 aliphatic carbocycles. The molecule has 30 heavy (non-hydrogen) atoms. The maximum Gasteiger partial charge on any atom is 0.0385 e. The van der Waals surface area contributed by atoms with Crippen LogP contribution in [0.1, 0.15) is 36.1 Å². The van der Waals surface area contributed by atoms with Gasteiger partial charge in [0.2, 0.25) is 0 Å². The average Bonchev–Trinajstić information content (AvgIpc) is 3.32. The molecule has 0 aliphatic heterocycles. The van der Waals surface area contributed by atoms with Crippen molar-refractivity contribution >= 4 is 47.5 Å². The van der Waals surface area contributed by atoms with Crippen LogP contribution in [-0.4, -0.2) is 9.97 Å². The van der Waals surface area contributed by atoms with E-state index in [9.17, 15) is 0 Å². The molecule has 0 aromatic carbocycles. The Bertz CT molecular complexity index is 1010. The van der Waals surface area contributed by atoms with Gasteiger partial charge in [-0.1, -0.05) is 13.8 Å². The van der Waals surface area contributed by atoms with E-state index >= 15 is 0 Å². The van der Waals surface area contributed by atoms with E-state index in [0.29, 0.717) is 0 Å². The first-order chi connectivity index (χ1) is 13.7. The van der Waals surface area contributed by atoms with Crippen molar-refractivity contribution in [1.82, 2.24) is 9.97 Å². The van der Waals surface area contributed by atoms with Crippen molar-refractivity contribution in [1.29, 1.82) is 0 Å². The van der Waals surface area contributed by atoms with Crippen LogP contribution in [0.25, 0.3) is 20.9 Å². The summed E-state index contributed by atoms with van der Waals surface area (Å²) in [4.78, 5) is 10.9. The number of halogens is 2. The Morgan fingerprint density at radius 3 is 1.67 bits per heavy atom. The molecular weight excluding hydrogens is 451 g/mol. The molecule has 4 heterocycles. The number of thiophene rings is 2. The molecule has 4 rings (SSSR count). The number of rotatable bonds is 4. The maximum atomic E-state index is 4.11. The number of hydrogen-bond donors (Lipinski definition) is 0. The predicted octanol–water partition coefficient (Wildman–Crippen LogP) is 8.21. The average molecular weight is 480 g/mol. The summed E-state index contributed by atoms with van der Waals surface area (Å²) in [5.41, 5.74) is 8.26. The summed E-state index contributed by atoms with van der Waals surface area (Å²) in [7, 11) is 0. The van der Waals surface area contributed by atoms with Crippen molar-refractivity contribution in [2.75, 3.05) is 0 Å². The summed E-state index contributed by atoms with van der Waals surface area (Å²) in [6, 6.07) is 8.32. The molecule has 0 N–H and O–H groups in total. The van der Waals surface area contributed by atoms with Gasteiger partial charge in [-0.3, -0.25) is 9.97 Å². The van der Waals surface area contributed by atoms with Gasteiger partial charge in [0.25, 0.3) is 0 Å². The van der Waals surface area contributed by atoms with E-state index in [1.807, 2.05) is 36.1 Å². The molecule has 0 saturated heterocycles.